The van der Waals surface area contributed by atoms with Crippen LogP contribution in [0.5, 0.6) is 5.75 Å². The summed E-state index contributed by atoms with van der Waals surface area (Å²) in [5.74, 6) is -0.0422. The topological polar surface area (TPSA) is 118 Å². The molecule has 3 aliphatic carbocycles. The van der Waals surface area contributed by atoms with Gasteiger partial charge in [0.2, 0.25) is 0 Å². The van der Waals surface area contributed by atoms with Gasteiger partial charge in [0.25, 0.3) is 5.56 Å². The summed E-state index contributed by atoms with van der Waals surface area (Å²) < 4.78 is 16.0. The molecule has 2 aromatic rings. The zero-order valence-corrected chi connectivity index (χ0v) is 21.1. The third-order valence-electron chi connectivity index (χ3n) is 8.65. The first-order valence-electron chi connectivity index (χ1n) is 12.1. The van der Waals surface area contributed by atoms with Crippen LogP contribution in [0.15, 0.2) is 29.1 Å². The summed E-state index contributed by atoms with van der Waals surface area (Å²) in [7, 11) is 2.83. The maximum Gasteiger partial charge on any atom is 0.410 e. The second-order valence-electron chi connectivity index (χ2n) is 11.6. The van der Waals surface area contributed by atoms with Crippen LogP contribution in [0.25, 0.3) is 0 Å². The van der Waals surface area contributed by atoms with Crippen molar-refractivity contribution in [1.29, 1.82) is 0 Å². The molecule has 190 valence electrons. The number of aromatic nitrogens is 1. The molecule has 4 atom stereocenters. The van der Waals surface area contributed by atoms with Crippen LogP contribution >= 0.6 is 0 Å². The summed E-state index contributed by atoms with van der Waals surface area (Å²) in [6.45, 7) is 5.90. The summed E-state index contributed by atoms with van der Waals surface area (Å²) in [5, 5.41) is 12.6. The summed E-state index contributed by atoms with van der Waals surface area (Å²) in [4.78, 5) is 42.7. The van der Waals surface area contributed by atoms with E-state index in [1.54, 1.807) is 12.0 Å². The number of amides is 1. The molecular formula is C27H30N2O7. The van der Waals surface area contributed by atoms with E-state index in [1.807, 2.05) is 39.0 Å². The van der Waals surface area contributed by atoms with Crippen molar-refractivity contribution in [2.24, 2.45) is 0 Å². The van der Waals surface area contributed by atoms with Crippen molar-refractivity contribution in [2.75, 3.05) is 20.8 Å². The van der Waals surface area contributed by atoms with Crippen molar-refractivity contribution in [2.45, 2.75) is 68.1 Å². The zero-order chi connectivity index (χ0) is 25.8. The lowest BCUT2D eigenvalue weighted by atomic mass is 9.55. The van der Waals surface area contributed by atoms with Crippen molar-refractivity contribution in [3.63, 3.8) is 0 Å². The molecule has 2 fully saturated rings. The molecule has 36 heavy (non-hydrogen) atoms. The van der Waals surface area contributed by atoms with Crippen molar-refractivity contribution in [1.82, 2.24) is 9.88 Å². The zero-order valence-electron chi connectivity index (χ0n) is 21.1. The Labute approximate surface area is 208 Å². The molecule has 2 spiro atoms. The third kappa shape index (κ3) is 2.66. The molecule has 6 rings (SSSR count). The lowest BCUT2D eigenvalue weighted by Gasteiger charge is -2.61. The number of esters is 1. The molecular weight excluding hydrogens is 464 g/mol. The Morgan fingerprint density at radius 3 is 2.56 bits per heavy atom. The van der Waals surface area contributed by atoms with Crippen LogP contribution in [0.3, 0.4) is 0 Å². The summed E-state index contributed by atoms with van der Waals surface area (Å²) in [6, 6.07) is 6.96. The molecule has 9 heteroatoms. The quantitative estimate of drug-likeness (QED) is 0.615. The van der Waals surface area contributed by atoms with Crippen LogP contribution in [-0.2, 0) is 33.1 Å². The Hall–Kier alpha value is -3.33. The fraction of sp³-hybridized carbons (Fsp3) is 0.519. The number of ether oxygens (including phenoxy) is 3. The number of benzene rings is 1. The molecule has 0 radical (unpaired) electrons. The predicted octanol–water partition coefficient (Wildman–Crippen LogP) is 2.21. The van der Waals surface area contributed by atoms with Gasteiger partial charge in [-0.15, -0.1) is 0 Å². The number of carbonyl (C=O) groups excluding carboxylic acids is 2. The molecule has 1 saturated heterocycles. The average Bonchev–Trinajstić information content (AvgIpc) is 3.17. The summed E-state index contributed by atoms with van der Waals surface area (Å²) in [6.07, 6.45) is 0.733. The fourth-order valence-electron chi connectivity index (χ4n) is 7.47. The number of nitrogens with one attached hydrogen (secondary N) is 1. The number of likely N-dealkylation sites (tertiary alicyclic amines) is 1. The van der Waals surface area contributed by atoms with Crippen molar-refractivity contribution >= 4 is 12.1 Å². The van der Waals surface area contributed by atoms with E-state index < -0.39 is 45.7 Å². The molecule has 9 nitrogen and oxygen atoms in total. The first kappa shape index (κ1) is 23.1. The minimum Gasteiger partial charge on any atom is -0.497 e. The highest BCUT2D eigenvalue weighted by atomic mass is 16.6. The van der Waals surface area contributed by atoms with E-state index in [4.69, 9.17) is 14.2 Å². The number of aromatic amines is 1. The Morgan fingerprint density at radius 2 is 1.89 bits per heavy atom. The number of pyridine rings is 1. The number of hydrogen-bond donors (Lipinski definition) is 2. The smallest absolute Gasteiger partial charge is 0.410 e. The molecule has 1 aliphatic heterocycles. The van der Waals surface area contributed by atoms with E-state index in [-0.39, 0.29) is 12.0 Å². The van der Waals surface area contributed by atoms with Gasteiger partial charge in [-0.3, -0.25) is 4.79 Å². The van der Waals surface area contributed by atoms with Crippen molar-refractivity contribution in [3.05, 3.63) is 62.6 Å². The van der Waals surface area contributed by atoms with E-state index in [0.717, 1.165) is 11.1 Å². The van der Waals surface area contributed by atoms with Gasteiger partial charge in [-0.05, 0) is 62.1 Å². The number of methoxy groups -OCH3 is 2. The largest absolute Gasteiger partial charge is 0.497 e. The second-order valence-corrected chi connectivity index (χ2v) is 11.6. The maximum absolute atomic E-state index is 13.2. The normalized spacial score (nSPS) is 30.9. The third-order valence-corrected chi connectivity index (χ3v) is 8.65. The van der Waals surface area contributed by atoms with Gasteiger partial charge in [0.1, 0.15) is 22.5 Å². The fourth-order valence-corrected chi connectivity index (χ4v) is 7.47. The van der Waals surface area contributed by atoms with Gasteiger partial charge in [-0.25, -0.2) is 9.59 Å². The average molecular weight is 495 g/mol. The molecule has 1 saturated carbocycles. The van der Waals surface area contributed by atoms with Gasteiger partial charge in [-0.2, -0.15) is 0 Å². The Morgan fingerprint density at radius 1 is 1.14 bits per heavy atom. The molecule has 2 bridgehead atoms. The highest BCUT2D eigenvalue weighted by Gasteiger charge is 2.82. The van der Waals surface area contributed by atoms with Gasteiger partial charge >= 0.3 is 12.1 Å². The number of carbonyl (C=O) groups is 2. The summed E-state index contributed by atoms with van der Waals surface area (Å²) >= 11 is 0. The van der Waals surface area contributed by atoms with Crippen molar-refractivity contribution in [3.8, 4) is 5.75 Å². The standard InChI is InChI=1S/C27H30N2O7/c1-24(2,3)36-23(32)29-13-25-12-26(18-9-15(34-4)6-7-17(18)25)11-19-14(10-27(26,33)22(25)29)8-16(20(30)28-19)21(31)35-5/h6-9,22,33H,10-13H2,1-5H3,(H,28,30)/t22-,25+,26+,27-/m1/s1. The lowest BCUT2D eigenvalue weighted by molar-refractivity contribution is -0.131. The molecule has 2 N–H and O–H groups in total. The molecule has 4 aliphatic rings. The van der Waals surface area contributed by atoms with E-state index in [2.05, 4.69) is 4.98 Å². The monoisotopic (exact) mass is 494 g/mol. The SMILES string of the molecule is COC(=O)c1cc2c([nH]c1=O)C[C@@]13C[C@]4(CN(C(=O)OC(C)(C)C)[C@H]4[C@]1(O)C2)c1ccc(OC)cc13. The van der Waals surface area contributed by atoms with Crippen LogP contribution in [0.2, 0.25) is 0 Å². The predicted molar refractivity (Wildman–Crippen MR) is 128 cm³/mol. The minimum atomic E-state index is -1.33. The number of nitrogens with zero attached hydrogens (tertiary/aromatic N) is 1. The summed E-state index contributed by atoms with van der Waals surface area (Å²) in [5.41, 5.74) is -0.327. The first-order chi connectivity index (χ1) is 16.9. The van der Waals surface area contributed by atoms with Crippen LogP contribution in [0.4, 0.5) is 4.79 Å². The van der Waals surface area contributed by atoms with Crippen LogP contribution in [0.1, 0.15) is 59.9 Å². The molecule has 1 amide bonds. The minimum absolute atomic E-state index is 0.103. The number of fused-ring (bicyclic) bond motifs is 3. The Bertz CT molecular complexity index is 1390. The number of hydrogen-bond acceptors (Lipinski definition) is 7. The van der Waals surface area contributed by atoms with E-state index in [9.17, 15) is 19.5 Å². The second kappa shape index (κ2) is 6.91. The Kier molecular flexibility index (Phi) is 4.43. The number of H-pyrrole nitrogens is 1. The Balaban J connectivity index is 1.53. The lowest BCUT2D eigenvalue weighted by Crippen LogP contribution is -2.76. The number of rotatable bonds is 2. The molecule has 0 unspecified atom stereocenters. The molecule has 1 aromatic heterocycles. The molecule has 2 heterocycles. The van der Waals surface area contributed by atoms with Crippen LogP contribution < -0.4 is 10.3 Å². The first-order valence-corrected chi connectivity index (χ1v) is 12.1. The van der Waals surface area contributed by atoms with Gasteiger partial charge in [0, 0.05) is 35.9 Å². The highest BCUT2D eigenvalue weighted by Crippen LogP contribution is 2.73. The van der Waals surface area contributed by atoms with Crippen molar-refractivity contribution < 1.29 is 28.9 Å². The van der Waals surface area contributed by atoms with Gasteiger partial charge < -0.3 is 29.2 Å². The van der Waals surface area contributed by atoms with E-state index in [0.29, 0.717) is 36.4 Å². The highest BCUT2D eigenvalue weighted by molar-refractivity contribution is 5.89. The van der Waals surface area contributed by atoms with E-state index in [1.165, 1.54) is 13.2 Å². The van der Waals surface area contributed by atoms with Crippen LogP contribution in [0, 0.1) is 0 Å². The van der Waals surface area contributed by atoms with Gasteiger partial charge in [0.15, 0.2) is 0 Å². The van der Waals surface area contributed by atoms with Gasteiger partial charge in [0.05, 0.1) is 20.3 Å². The van der Waals surface area contributed by atoms with Crippen LogP contribution in [-0.4, -0.2) is 65.1 Å². The van der Waals surface area contributed by atoms with Gasteiger partial charge in [-0.1, -0.05) is 6.07 Å². The number of aliphatic hydroxyl groups is 1. The molecule has 1 aromatic carbocycles. The maximum atomic E-state index is 13.2. The van der Waals surface area contributed by atoms with E-state index >= 15 is 0 Å².